The topological polar surface area (TPSA) is 60.3 Å². The van der Waals surface area contributed by atoms with Gasteiger partial charge in [-0.3, -0.25) is 4.68 Å². The molecule has 0 bridgehead atoms. The van der Waals surface area contributed by atoms with Crippen LogP contribution in [0, 0.1) is 5.41 Å². The Morgan fingerprint density at radius 2 is 1.62 bits per heavy atom. The molecule has 0 fully saturated rings. The summed E-state index contributed by atoms with van der Waals surface area (Å²) in [7, 11) is 1.94. The van der Waals surface area contributed by atoms with Crippen molar-refractivity contribution in [1.29, 1.82) is 0 Å². The highest BCUT2D eigenvalue weighted by Crippen LogP contribution is 2.30. The van der Waals surface area contributed by atoms with Crippen molar-refractivity contribution >= 4 is 0 Å². The van der Waals surface area contributed by atoms with E-state index in [1.165, 1.54) is 11.1 Å². The summed E-state index contributed by atoms with van der Waals surface area (Å²) < 4.78 is 13.6. The third-order valence-electron chi connectivity index (χ3n) is 6.73. The van der Waals surface area contributed by atoms with Crippen LogP contribution in [0.3, 0.4) is 0 Å². The molecular formula is C31H54N4O2. The molecule has 0 spiro atoms. The van der Waals surface area contributed by atoms with Gasteiger partial charge in [-0.15, -0.1) is 0 Å². The molecule has 37 heavy (non-hydrogen) atoms. The Balaban J connectivity index is 1.66. The third kappa shape index (κ3) is 13.1. The molecule has 0 aliphatic heterocycles. The van der Waals surface area contributed by atoms with Gasteiger partial charge in [0, 0.05) is 30.3 Å². The van der Waals surface area contributed by atoms with Crippen molar-refractivity contribution in [1.82, 2.24) is 20.4 Å². The standard InChI is InChI=1S/C31H54N4O2/c1-29(2,3)24-26-11-9-12-27(23-26)25-37-20-10-16-33-31(6,7)15-14-30(4,5)28-13-18-35(34-28)19-22-36-21-17-32-8/h9,11-13,18,23,32-33H,10,14-17,19-22,24-25H2,1-8H3. The van der Waals surface area contributed by atoms with Gasteiger partial charge in [0.1, 0.15) is 0 Å². The van der Waals surface area contributed by atoms with Gasteiger partial charge in [0.2, 0.25) is 0 Å². The molecule has 0 radical (unpaired) electrons. The maximum absolute atomic E-state index is 5.98. The van der Waals surface area contributed by atoms with Crippen LogP contribution in [-0.4, -0.2) is 55.3 Å². The molecule has 6 nitrogen and oxygen atoms in total. The van der Waals surface area contributed by atoms with Gasteiger partial charge < -0.3 is 20.1 Å². The van der Waals surface area contributed by atoms with E-state index in [1.807, 2.05) is 11.7 Å². The van der Waals surface area contributed by atoms with Gasteiger partial charge in [0.25, 0.3) is 0 Å². The molecule has 1 aromatic carbocycles. The van der Waals surface area contributed by atoms with Crippen LogP contribution < -0.4 is 10.6 Å². The molecule has 6 heteroatoms. The maximum atomic E-state index is 5.98. The Bertz CT molecular complexity index is 899. The van der Waals surface area contributed by atoms with Crippen molar-refractivity contribution in [3.63, 3.8) is 0 Å². The van der Waals surface area contributed by atoms with Crippen LogP contribution in [0.1, 0.15) is 84.5 Å². The lowest BCUT2D eigenvalue weighted by molar-refractivity contribution is 0.116. The molecule has 2 N–H and O–H groups in total. The first kappa shape index (κ1) is 31.5. The molecule has 1 heterocycles. The molecule has 0 aliphatic rings. The van der Waals surface area contributed by atoms with E-state index in [-0.39, 0.29) is 11.0 Å². The molecule has 0 unspecified atom stereocenters. The number of hydrogen-bond donors (Lipinski definition) is 2. The highest BCUT2D eigenvalue weighted by molar-refractivity contribution is 5.23. The SMILES string of the molecule is CNCCOCCn1ccc(C(C)(C)CCC(C)(C)NCCCOCc2cccc(CC(C)(C)C)c2)n1. The summed E-state index contributed by atoms with van der Waals surface area (Å²) in [5.74, 6) is 0. The maximum Gasteiger partial charge on any atom is 0.0716 e. The normalized spacial score (nSPS) is 12.9. The molecule has 0 saturated carbocycles. The lowest BCUT2D eigenvalue weighted by Gasteiger charge is -2.31. The predicted molar refractivity (Wildman–Crippen MR) is 155 cm³/mol. The van der Waals surface area contributed by atoms with Crippen molar-refractivity contribution in [2.75, 3.05) is 40.0 Å². The Morgan fingerprint density at radius 3 is 2.35 bits per heavy atom. The molecule has 0 amide bonds. The quantitative estimate of drug-likeness (QED) is 0.248. The van der Waals surface area contributed by atoms with E-state index in [0.717, 1.165) is 64.2 Å². The van der Waals surface area contributed by atoms with E-state index >= 15 is 0 Å². The molecule has 0 atom stereocenters. The molecular weight excluding hydrogens is 460 g/mol. The Hall–Kier alpha value is -1.73. The third-order valence-corrected chi connectivity index (χ3v) is 6.73. The highest BCUT2D eigenvalue weighted by Gasteiger charge is 2.27. The first-order chi connectivity index (χ1) is 17.4. The number of likely N-dealkylation sites (N-methyl/N-ethyl adjacent to an activating group) is 1. The smallest absolute Gasteiger partial charge is 0.0716 e. The Morgan fingerprint density at radius 1 is 0.865 bits per heavy atom. The summed E-state index contributed by atoms with van der Waals surface area (Å²) >= 11 is 0. The fraction of sp³-hybridized carbons (Fsp3) is 0.710. The molecule has 2 aromatic rings. The van der Waals surface area contributed by atoms with Gasteiger partial charge in [0.15, 0.2) is 0 Å². The fourth-order valence-corrected chi connectivity index (χ4v) is 4.36. The van der Waals surface area contributed by atoms with Gasteiger partial charge in [-0.25, -0.2) is 0 Å². The van der Waals surface area contributed by atoms with E-state index in [4.69, 9.17) is 14.6 Å². The molecule has 0 saturated heterocycles. The lowest BCUT2D eigenvalue weighted by Crippen LogP contribution is -2.41. The number of nitrogens with zero attached hydrogens (tertiary/aromatic N) is 2. The Kier molecular flexibility index (Phi) is 12.8. The molecule has 1 aromatic heterocycles. The van der Waals surface area contributed by atoms with E-state index in [9.17, 15) is 0 Å². The molecule has 2 rings (SSSR count). The van der Waals surface area contributed by atoms with Gasteiger partial charge in [-0.05, 0) is 75.7 Å². The van der Waals surface area contributed by atoms with Crippen LogP contribution in [-0.2, 0) is 34.5 Å². The average molecular weight is 515 g/mol. The zero-order chi connectivity index (χ0) is 27.4. The minimum absolute atomic E-state index is 0.0296. The van der Waals surface area contributed by atoms with Gasteiger partial charge >= 0.3 is 0 Å². The van der Waals surface area contributed by atoms with Crippen LogP contribution in [0.15, 0.2) is 36.5 Å². The summed E-state index contributed by atoms with van der Waals surface area (Å²) in [6.07, 6.45) is 6.33. The van der Waals surface area contributed by atoms with Gasteiger partial charge in [-0.2, -0.15) is 5.10 Å². The number of aromatic nitrogens is 2. The number of hydrogen-bond acceptors (Lipinski definition) is 5. The van der Waals surface area contributed by atoms with Crippen molar-refractivity contribution < 1.29 is 9.47 Å². The van der Waals surface area contributed by atoms with E-state index in [2.05, 4.69) is 95.6 Å². The second-order valence-electron chi connectivity index (χ2n) is 12.8. The lowest BCUT2D eigenvalue weighted by atomic mass is 9.80. The number of rotatable bonds is 18. The first-order valence-electron chi connectivity index (χ1n) is 14.1. The molecule has 210 valence electrons. The van der Waals surface area contributed by atoms with Crippen molar-refractivity contribution in [3.8, 4) is 0 Å². The second-order valence-corrected chi connectivity index (χ2v) is 12.8. The number of benzene rings is 1. The Labute approximate surface area is 226 Å². The zero-order valence-electron chi connectivity index (χ0n) is 25.0. The van der Waals surface area contributed by atoms with E-state index in [1.54, 1.807) is 0 Å². The van der Waals surface area contributed by atoms with Crippen LogP contribution in [0.2, 0.25) is 0 Å². The van der Waals surface area contributed by atoms with Crippen LogP contribution in [0.5, 0.6) is 0 Å². The summed E-state index contributed by atoms with van der Waals surface area (Å²) in [5.41, 5.74) is 4.21. The zero-order valence-corrected chi connectivity index (χ0v) is 25.0. The van der Waals surface area contributed by atoms with E-state index in [0.29, 0.717) is 18.6 Å². The minimum atomic E-state index is 0.0296. The predicted octanol–water partition coefficient (Wildman–Crippen LogP) is 5.74. The first-order valence-corrected chi connectivity index (χ1v) is 14.1. The van der Waals surface area contributed by atoms with Crippen LogP contribution >= 0.6 is 0 Å². The van der Waals surface area contributed by atoms with E-state index < -0.39 is 0 Å². The fourth-order valence-electron chi connectivity index (χ4n) is 4.36. The summed E-state index contributed by atoms with van der Waals surface area (Å²) in [4.78, 5) is 0. The minimum Gasteiger partial charge on any atom is -0.378 e. The van der Waals surface area contributed by atoms with Crippen molar-refractivity contribution in [3.05, 3.63) is 53.3 Å². The van der Waals surface area contributed by atoms with Gasteiger partial charge in [-0.1, -0.05) is 58.9 Å². The highest BCUT2D eigenvalue weighted by atomic mass is 16.5. The summed E-state index contributed by atoms with van der Waals surface area (Å²) in [6.45, 7) is 21.5. The molecule has 0 aliphatic carbocycles. The van der Waals surface area contributed by atoms with Crippen LogP contribution in [0.25, 0.3) is 0 Å². The van der Waals surface area contributed by atoms with Crippen molar-refractivity contribution in [2.45, 2.75) is 98.3 Å². The number of ether oxygens (including phenoxy) is 2. The van der Waals surface area contributed by atoms with Gasteiger partial charge in [0.05, 0.1) is 32.1 Å². The second kappa shape index (κ2) is 15.0. The average Bonchev–Trinajstić information content (AvgIpc) is 3.29. The summed E-state index contributed by atoms with van der Waals surface area (Å²) in [6, 6.07) is 11.0. The largest absolute Gasteiger partial charge is 0.378 e. The monoisotopic (exact) mass is 514 g/mol. The number of nitrogens with one attached hydrogen (secondary N) is 2. The van der Waals surface area contributed by atoms with Crippen LogP contribution in [0.4, 0.5) is 0 Å². The van der Waals surface area contributed by atoms with Crippen molar-refractivity contribution in [2.24, 2.45) is 5.41 Å². The summed E-state index contributed by atoms with van der Waals surface area (Å²) in [5, 5.41) is 11.7.